The van der Waals surface area contributed by atoms with E-state index in [-0.39, 0.29) is 17.0 Å². The maximum atomic E-state index is 12.2. The van der Waals surface area contributed by atoms with Gasteiger partial charge in [-0.05, 0) is 12.5 Å². The number of carbonyl (C=O) groups excluding carboxylic acids is 1. The van der Waals surface area contributed by atoms with Crippen LogP contribution in [0.15, 0.2) is 12.4 Å². The van der Waals surface area contributed by atoms with Crippen LogP contribution in [0, 0.1) is 0 Å². The van der Waals surface area contributed by atoms with Crippen molar-refractivity contribution in [3.8, 4) is 0 Å². The highest BCUT2D eigenvalue weighted by atomic mass is 35.5. The van der Waals surface area contributed by atoms with Crippen LogP contribution in [0.25, 0.3) is 11.2 Å². The van der Waals surface area contributed by atoms with Crippen molar-refractivity contribution in [1.82, 2.24) is 29.7 Å². The minimum Gasteiger partial charge on any atom is -0.341 e. The van der Waals surface area contributed by atoms with Crippen molar-refractivity contribution in [2.45, 2.75) is 13.3 Å². The number of imidazole rings is 1. The van der Waals surface area contributed by atoms with Crippen LogP contribution in [0.1, 0.15) is 23.1 Å². The van der Waals surface area contributed by atoms with E-state index in [4.69, 9.17) is 11.6 Å². The smallest absolute Gasteiger partial charge is 0.276 e. The van der Waals surface area contributed by atoms with Crippen LogP contribution in [0.4, 0.5) is 5.95 Å². The summed E-state index contributed by atoms with van der Waals surface area (Å²) < 4.78 is 1.52. The lowest BCUT2D eigenvalue weighted by atomic mass is 10.3. The quantitative estimate of drug-likeness (QED) is 0.715. The van der Waals surface area contributed by atoms with Crippen molar-refractivity contribution in [1.29, 1.82) is 0 Å². The molecule has 3 aromatic rings. The fourth-order valence-corrected chi connectivity index (χ4v) is 2.15. The summed E-state index contributed by atoms with van der Waals surface area (Å²) in [6, 6.07) is 1.73. The molecule has 0 radical (unpaired) electrons. The highest BCUT2D eigenvalue weighted by molar-refractivity contribution is 6.33. The van der Waals surface area contributed by atoms with Gasteiger partial charge in [-0.3, -0.25) is 14.8 Å². The third kappa shape index (κ3) is 2.45. The second-order valence-electron chi connectivity index (χ2n) is 4.39. The third-order valence-corrected chi connectivity index (χ3v) is 3.27. The summed E-state index contributed by atoms with van der Waals surface area (Å²) >= 11 is 6.00. The summed E-state index contributed by atoms with van der Waals surface area (Å²) in [5.74, 6) is -0.250. The fourth-order valence-electron chi connectivity index (χ4n) is 1.93. The highest BCUT2D eigenvalue weighted by Crippen LogP contribution is 2.18. The van der Waals surface area contributed by atoms with Crippen LogP contribution in [-0.4, -0.2) is 35.6 Å². The fraction of sp³-hybridized carbons (Fsp3) is 0.250. The number of H-pyrrole nitrogens is 1. The van der Waals surface area contributed by atoms with E-state index >= 15 is 0 Å². The molecule has 0 aliphatic heterocycles. The molecule has 2 N–H and O–H groups in total. The molecule has 0 spiro atoms. The predicted octanol–water partition coefficient (Wildman–Crippen LogP) is 1.55. The van der Waals surface area contributed by atoms with E-state index in [1.54, 1.807) is 13.1 Å². The first-order valence-electron chi connectivity index (χ1n) is 6.29. The Morgan fingerprint density at radius 1 is 1.48 bits per heavy atom. The number of hydrogen-bond donors (Lipinski definition) is 2. The Hall–Kier alpha value is -2.48. The van der Waals surface area contributed by atoms with Gasteiger partial charge in [0.2, 0.25) is 5.95 Å². The van der Waals surface area contributed by atoms with E-state index in [0.29, 0.717) is 16.9 Å². The number of fused-ring (bicyclic) bond motifs is 1. The molecule has 0 saturated heterocycles. The van der Waals surface area contributed by atoms with Crippen LogP contribution < -0.4 is 5.32 Å². The average Bonchev–Trinajstić information content (AvgIpc) is 3.05. The van der Waals surface area contributed by atoms with Crippen LogP contribution in [0.2, 0.25) is 5.15 Å². The van der Waals surface area contributed by atoms with Gasteiger partial charge >= 0.3 is 0 Å². The Labute approximate surface area is 124 Å². The van der Waals surface area contributed by atoms with E-state index in [1.165, 1.54) is 11.0 Å². The molecule has 3 rings (SSSR count). The predicted molar refractivity (Wildman–Crippen MR) is 77.2 cm³/mol. The van der Waals surface area contributed by atoms with Crippen molar-refractivity contribution >= 4 is 34.6 Å². The Morgan fingerprint density at radius 3 is 3.00 bits per heavy atom. The lowest BCUT2D eigenvalue weighted by Crippen LogP contribution is -2.17. The first kappa shape index (κ1) is 13.5. The zero-order valence-electron chi connectivity index (χ0n) is 11.4. The van der Waals surface area contributed by atoms with Crippen LogP contribution in [0.3, 0.4) is 0 Å². The normalized spacial score (nSPS) is 11.0. The first-order valence-corrected chi connectivity index (χ1v) is 6.67. The molecule has 108 valence electrons. The number of nitrogens with one attached hydrogen (secondary N) is 2. The summed E-state index contributed by atoms with van der Waals surface area (Å²) in [5.41, 5.74) is 2.19. The third-order valence-electron chi connectivity index (χ3n) is 2.99. The van der Waals surface area contributed by atoms with Crippen molar-refractivity contribution in [2.24, 2.45) is 7.05 Å². The van der Waals surface area contributed by atoms with Gasteiger partial charge in [-0.15, -0.1) is 0 Å². The molecule has 0 aromatic carbocycles. The number of aromatic amines is 1. The number of anilines is 1. The number of rotatable bonds is 3. The average molecular weight is 306 g/mol. The van der Waals surface area contributed by atoms with Gasteiger partial charge in [0.1, 0.15) is 11.2 Å². The lowest BCUT2D eigenvalue weighted by Gasteiger charge is -2.04. The zero-order chi connectivity index (χ0) is 15.0. The molecule has 3 aromatic heterocycles. The van der Waals surface area contributed by atoms with E-state index in [2.05, 4.69) is 30.4 Å². The summed E-state index contributed by atoms with van der Waals surface area (Å²) in [6.45, 7) is 1.97. The number of nitrogens with zero attached hydrogens (tertiary/aromatic N) is 5. The van der Waals surface area contributed by atoms with Gasteiger partial charge in [-0.1, -0.05) is 18.5 Å². The molecule has 0 unspecified atom stereocenters. The van der Waals surface area contributed by atoms with Crippen LogP contribution >= 0.6 is 11.6 Å². The topological polar surface area (TPSA) is 101 Å². The number of halogens is 1. The van der Waals surface area contributed by atoms with E-state index in [9.17, 15) is 4.79 Å². The van der Waals surface area contributed by atoms with Crippen LogP contribution in [-0.2, 0) is 13.5 Å². The van der Waals surface area contributed by atoms with Crippen molar-refractivity contribution in [3.63, 3.8) is 0 Å². The van der Waals surface area contributed by atoms with E-state index < -0.39 is 0 Å². The molecule has 9 heteroatoms. The van der Waals surface area contributed by atoms with Crippen molar-refractivity contribution in [2.75, 3.05) is 5.32 Å². The molecular weight excluding hydrogens is 294 g/mol. The number of hydrogen-bond acceptors (Lipinski definition) is 5. The summed E-state index contributed by atoms with van der Waals surface area (Å²) in [7, 11) is 1.71. The molecule has 1 amide bonds. The molecule has 0 saturated carbocycles. The maximum Gasteiger partial charge on any atom is 0.276 e. The van der Waals surface area contributed by atoms with Crippen molar-refractivity contribution in [3.05, 3.63) is 28.9 Å². The molecular formula is C12H12ClN7O. The monoisotopic (exact) mass is 305 g/mol. The number of aromatic nitrogens is 6. The molecule has 0 atom stereocenters. The standard InChI is InChI=1S/C12H12ClN7O/c1-3-6-4-7(20(2)19-6)11(21)18-12-16-9(13)8-10(17-12)15-5-14-8/h4-5H,3H2,1-2H3,(H2,14,15,16,17,18,21). The van der Waals surface area contributed by atoms with E-state index in [1.807, 2.05) is 6.92 Å². The van der Waals surface area contributed by atoms with Gasteiger partial charge in [0.15, 0.2) is 10.8 Å². The van der Waals surface area contributed by atoms with Gasteiger partial charge in [-0.25, -0.2) is 4.98 Å². The highest BCUT2D eigenvalue weighted by Gasteiger charge is 2.15. The van der Waals surface area contributed by atoms with Gasteiger partial charge < -0.3 is 4.98 Å². The Balaban J connectivity index is 1.90. The Morgan fingerprint density at radius 2 is 2.29 bits per heavy atom. The van der Waals surface area contributed by atoms with Gasteiger partial charge in [0.05, 0.1) is 12.0 Å². The van der Waals surface area contributed by atoms with Crippen LogP contribution in [0.5, 0.6) is 0 Å². The molecule has 0 fully saturated rings. The summed E-state index contributed by atoms with van der Waals surface area (Å²) in [5, 5.41) is 7.02. The molecule has 0 aliphatic rings. The largest absolute Gasteiger partial charge is 0.341 e. The minimum absolute atomic E-state index is 0.101. The number of amides is 1. The summed E-state index contributed by atoms with van der Waals surface area (Å²) in [4.78, 5) is 27.2. The maximum absolute atomic E-state index is 12.2. The lowest BCUT2D eigenvalue weighted by molar-refractivity contribution is 0.101. The molecule has 0 aliphatic carbocycles. The van der Waals surface area contributed by atoms with E-state index in [0.717, 1.165) is 12.1 Å². The zero-order valence-corrected chi connectivity index (χ0v) is 12.1. The number of aryl methyl sites for hydroxylation is 2. The van der Waals surface area contributed by atoms with Gasteiger partial charge in [0, 0.05) is 7.05 Å². The molecule has 21 heavy (non-hydrogen) atoms. The Bertz CT molecular complexity index is 822. The van der Waals surface area contributed by atoms with Gasteiger partial charge in [0.25, 0.3) is 5.91 Å². The first-order chi connectivity index (χ1) is 10.1. The number of carbonyl (C=O) groups is 1. The Kier molecular flexibility index (Phi) is 3.30. The minimum atomic E-state index is -0.351. The summed E-state index contributed by atoms with van der Waals surface area (Å²) in [6.07, 6.45) is 2.22. The van der Waals surface area contributed by atoms with Gasteiger partial charge in [-0.2, -0.15) is 15.1 Å². The SMILES string of the molecule is CCc1cc(C(=O)Nc2nc(Cl)c3[nH]cnc3n2)n(C)n1. The second-order valence-corrected chi connectivity index (χ2v) is 4.75. The molecule has 8 nitrogen and oxygen atoms in total. The molecule has 0 bridgehead atoms. The molecule has 3 heterocycles. The van der Waals surface area contributed by atoms with Crippen molar-refractivity contribution < 1.29 is 4.79 Å². The second kappa shape index (κ2) is 5.13.